The molecule has 1 saturated heterocycles. The largest absolute Gasteiger partial charge is 0.489 e. The highest BCUT2D eigenvalue weighted by atomic mass is 32.3. The van der Waals surface area contributed by atoms with Crippen molar-refractivity contribution in [1.82, 2.24) is 10.3 Å². The van der Waals surface area contributed by atoms with Crippen LogP contribution < -0.4 is 10.1 Å². The molecule has 1 aliphatic rings. The number of aryl methyl sites for hydroxylation is 1. The van der Waals surface area contributed by atoms with E-state index in [2.05, 4.69) is 10.3 Å². The third kappa shape index (κ3) is 9.87. The summed E-state index contributed by atoms with van der Waals surface area (Å²) in [5.41, 5.74) is 2.65. The summed E-state index contributed by atoms with van der Waals surface area (Å²) in [6.07, 6.45) is 2.50. The molecular formula is C21H24N2O9S2. The van der Waals surface area contributed by atoms with Gasteiger partial charge in [-0.1, -0.05) is 36.9 Å². The molecule has 1 fully saturated rings. The van der Waals surface area contributed by atoms with E-state index in [1.54, 1.807) is 18.3 Å². The van der Waals surface area contributed by atoms with Gasteiger partial charge >= 0.3 is 16.4 Å². The minimum absolute atomic E-state index is 0.132. The molecule has 0 bridgehead atoms. The molecule has 0 radical (unpaired) electrons. The Morgan fingerprint density at radius 1 is 1.15 bits per heavy atom. The molecule has 0 spiro atoms. The molecule has 0 saturated carbocycles. The number of pyridine rings is 1. The van der Waals surface area contributed by atoms with Crippen molar-refractivity contribution in [2.24, 2.45) is 0 Å². The smallest absolute Gasteiger partial charge is 0.394 e. The molecule has 13 heteroatoms. The Labute approximate surface area is 200 Å². The fourth-order valence-electron chi connectivity index (χ4n) is 2.85. The summed E-state index contributed by atoms with van der Waals surface area (Å²) < 4.78 is 42.7. The van der Waals surface area contributed by atoms with Gasteiger partial charge in [0.05, 0.1) is 10.9 Å². The zero-order valence-electron chi connectivity index (χ0n) is 18.3. The summed E-state index contributed by atoms with van der Waals surface area (Å²) in [6, 6.07) is 11.1. The Kier molecular flexibility index (Phi) is 9.98. The molecule has 1 aliphatic heterocycles. The van der Waals surface area contributed by atoms with Crippen LogP contribution in [0.5, 0.6) is 5.75 Å². The Bertz CT molecular complexity index is 1100. The SMILES string of the molecule is CCc1ccc([C@@H](COc2ccc(CC3SC(=O)NC3=O)cc2)OC(C)=O)nc1.O=S(=O)(O)O. The maximum atomic E-state index is 11.7. The summed E-state index contributed by atoms with van der Waals surface area (Å²) in [5, 5.41) is 1.57. The topological polar surface area (TPSA) is 169 Å². The van der Waals surface area contributed by atoms with Crippen molar-refractivity contribution in [1.29, 1.82) is 0 Å². The van der Waals surface area contributed by atoms with Gasteiger partial charge in [-0.15, -0.1) is 0 Å². The van der Waals surface area contributed by atoms with Crippen molar-refractivity contribution in [3.8, 4) is 5.75 Å². The molecule has 1 aromatic heterocycles. The van der Waals surface area contributed by atoms with Crippen LogP contribution in [0.2, 0.25) is 0 Å². The number of benzene rings is 1. The molecule has 11 nitrogen and oxygen atoms in total. The number of esters is 1. The standard InChI is InChI=1S/C21H22N2O5S.H2O4S/c1-3-14-6-9-17(22-11-14)18(28-13(2)24)12-27-16-7-4-15(5-8-16)10-19-20(25)23-21(26)29-19;1-5(2,3)4/h4-9,11,18-19H,3,10,12H2,1-2H3,(H,23,25,26);(H2,1,2,3,4)/t18-,19?;/m1./s1. The first-order chi connectivity index (χ1) is 15.9. The first-order valence-electron chi connectivity index (χ1n) is 9.99. The van der Waals surface area contributed by atoms with Crippen LogP contribution in [0.3, 0.4) is 0 Å². The molecular weight excluding hydrogens is 488 g/mol. The molecule has 3 N–H and O–H groups in total. The van der Waals surface area contributed by atoms with Crippen molar-refractivity contribution in [2.45, 2.75) is 38.0 Å². The Balaban J connectivity index is 0.000000739. The minimum atomic E-state index is -4.67. The molecule has 2 atom stereocenters. The summed E-state index contributed by atoms with van der Waals surface area (Å²) in [5.74, 6) is -0.0565. The lowest BCUT2D eigenvalue weighted by atomic mass is 10.1. The average molecular weight is 513 g/mol. The van der Waals surface area contributed by atoms with Gasteiger partial charge in [-0.3, -0.25) is 33.8 Å². The van der Waals surface area contributed by atoms with Crippen LogP contribution >= 0.6 is 11.8 Å². The van der Waals surface area contributed by atoms with Crippen LogP contribution in [0.1, 0.15) is 36.8 Å². The fourth-order valence-corrected chi connectivity index (χ4v) is 3.71. The number of carbonyl (C=O) groups is 3. The van der Waals surface area contributed by atoms with E-state index in [0.717, 1.165) is 29.3 Å². The highest BCUT2D eigenvalue weighted by Gasteiger charge is 2.31. The van der Waals surface area contributed by atoms with E-state index in [1.165, 1.54) is 6.92 Å². The van der Waals surface area contributed by atoms with Crippen LogP contribution in [0, 0.1) is 0 Å². The maximum Gasteiger partial charge on any atom is 0.394 e. The highest BCUT2D eigenvalue weighted by molar-refractivity contribution is 8.15. The van der Waals surface area contributed by atoms with Crippen molar-refractivity contribution in [2.75, 3.05) is 6.61 Å². The normalized spacial score (nSPS) is 16.2. The van der Waals surface area contributed by atoms with Crippen molar-refractivity contribution in [3.63, 3.8) is 0 Å². The zero-order valence-corrected chi connectivity index (χ0v) is 20.0. The van der Waals surface area contributed by atoms with Crippen molar-refractivity contribution < 1.29 is 41.4 Å². The van der Waals surface area contributed by atoms with Crippen molar-refractivity contribution >= 4 is 39.3 Å². The van der Waals surface area contributed by atoms with Gasteiger partial charge in [0.25, 0.3) is 5.24 Å². The predicted molar refractivity (Wildman–Crippen MR) is 123 cm³/mol. The molecule has 3 rings (SSSR count). The molecule has 0 aliphatic carbocycles. The lowest BCUT2D eigenvalue weighted by molar-refractivity contribution is -0.148. The summed E-state index contributed by atoms with van der Waals surface area (Å²) in [6.45, 7) is 3.53. The second-order valence-corrected chi connectivity index (χ2v) is 9.10. The first kappa shape index (κ1) is 27.2. The number of amides is 2. The van der Waals surface area contributed by atoms with Crippen LogP contribution in [-0.4, -0.2) is 51.5 Å². The molecule has 184 valence electrons. The maximum absolute atomic E-state index is 11.7. The van der Waals surface area contributed by atoms with Gasteiger partial charge in [0.1, 0.15) is 12.4 Å². The lowest BCUT2D eigenvalue weighted by Gasteiger charge is -2.18. The lowest BCUT2D eigenvalue weighted by Crippen LogP contribution is -2.25. The zero-order chi connectivity index (χ0) is 25.3. The number of aromatic nitrogens is 1. The van der Waals surface area contributed by atoms with Gasteiger partial charge in [-0.2, -0.15) is 8.42 Å². The second-order valence-electron chi connectivity index (χ2n) is 7.03. The number of hydrogen-bond donors (Lipinski definition) is 3. The third-order valence-electron chi connectivity index (χ3n) is 4.41. The van der Waals surface area contributed by atoms with E-state index in [0.29, 0.717) is 17.9 Å². The van der Waals surface area contributed by atoms with E-state index in [4.69, 9.17) is 27.0 Å². The number of carbonyl (C=O) groups excluding carboxylic acids is 3. The van der Waals surface area contributed by atoms with Crippen LogP contribution in [0.4, 0.5) is 4.79 Å². The quantitative estimate of drug-likeness (QED) is 0.351. The van der Waals surface area contributed by atoms with Crippen LogP contribution in [0.25, 0.3) is 0 Å². The number of imide groups is 1. The number of hydrogen-bond acceptors (Lipinski definition) is 9. The van der Waals surface area contributed by atoms with Gasteiger partial charge < -0.3 is 9.47 Å². The Morgan fingerprint density at radius 2 is 1.76 bits per heavy atom. The third-order valence-corrected chi connectivity index (χ3v) is 5.39. The summed E-state index contributed by atoms with van der Waals surface area (Å²) >= 11 is 1.01. The van der Waals surface area contributed by atoms with Gasteiger partial charge in [-0.05, 0) is 42.2 Å². The Hall–Kier alpha value is -3.00. The Morgan fingerprint density at radius 3 is 2.24 bits per heavy atom. The number of ether oxygens (including phenoxy) is 2. The van der Waals surface area contributed by atoms with Gasteiger partial charge in [0.2, 0.25) is 5.91 Å². The molecule has 1 unspecified atom stereocenters. The van der Waals surface area contributed by atoms with Crippen LogP contribution in [-0.2, 0) is 37.6 Å². The summed E-state index contributed by atoms with van der Waals surface area (Å²) in [7, 11) is -4.67. The van der Waals surface area contributed by atoms with E-state index >= 15 is 0 Å². The molecule has 2 amide bonds. The molecule has 1 aromatic carbocycles. The minimum Gasteiger partial charge on any atom is -0.489 e. The van der Waals surface area contributed by atoms with E-state index < -0.39 is 27.7 Å². The average Bonchev–Trinajstić information content (AvgIpc) is 3.07. The number of nitrogens with zero attached hydrogens (tertiary/aromatic N) is 1. The number of thioether (sulfide) groups is 1. The van der Waals surface area contributed by atoms with Crippen LogP contribution in [0.15, 0.2) is 42.6 Å². The highest BCUT2D eigenvalue weighted by Crippen LogP contribution is 2.24. The van der Waals surface area contributed by atoms with Gasteiger partial charge in [-0.25, -0.2) is 0 Å². The van der Waals surface area contributed by atoms with Crippen molar-refractivity contribution in [3.05, 3.63) is 59.4 Å². The summed E-state index contributed by atoms with van der Waals surface area (Å²) in [4.78, 5) is 38.8. The second kappa shape index (κ2) is 12.5. The number of rotatable bonds is 8. The molecule has 2 heterocycles. The van der Waals surface area contributed by atoms with Gasteiger partial charge in [0, 0.05) is 13.1 Å². The fraction of sp³-hybridized carbons (Fsp3) is 0.333. The molecule has 34 heavy (non-hydrogen) atoms. The first-order valence-corrected chi connectivity index (χ1v) is 12.3. The monoisotopic (exact) mass is 512 g/mol. The predicted octanol–water partition coefficient (Wildman–Crippen LogP) is 2.57. The van der Waals surface area contributed by atoms with E-state index in [9.17, 15) is 14.4 Å². The molecule has 2 aromatic rings. The number of nitrogens with one attached hydrogen (secondary N) is 1. The van der Waals surface area contributed by atoms with Gasteiger partial charge in [0.15, 0.2) is 6.10 Å². The van der Waals surface area contributed by atoms with E-state index in [-0.39, 0.29) is 17.8 Å². The van der Waals surface area contributed by atoms with E-state index in [1.807, 2.05) is 31.2 Å².